The average molecular weight is 272 g/mol. The van der Waals surface area contributed by atoms with Gasteiger partial charge in [-0.05, 0) is 17.4 Å². The first-order valence-corrected chi connectivity index (χ1v) is 8.25. The van der Waals surface area contributed by atoms with E-state index in [-0.39, 0.29) is 0 Å². The van der Waals surface area contributed by atoms with Gasteiger partial charge in [0.05, 0.1) is 8.47 Å². The van der Waals surface area contributed by atoms with Crippen molar-refractivity contribution >= 4 is 47.9 Å². The van der Waals surface area contributed by atoms with Crippen LogP contribution in [0.25, 0.3) is 0 Å². The second-order valence-electron chi connectivity index (χ2n) is 3.14. The Balaban J connectivity index is 2.25. The van der Waals surface area contributed by atoms with Crippen molar-refractivity contribution in [3.63, 3.8) is 0 Å². The Bertz CT molecular complexity index is 384. The minimum absolute atomic E-state index is 1.04. The Labute approximate surface area is 109 Å². The van der Waals surface area contributed by atoms with Crippen LogP contribution >= 0.6 is 47.9 Å². The minimum Gasteiger partial charge on any atom is -0.135 e. The number of benzene rings is 1. The van der Waals surface area contributed by atoms with Gasteiger partial charge in [0.1, 0.15) is 0 Å². The summed E-state index contributed by atoms with van der Waals surface area (Å²) in [6.45, 7) is 0. The van der Waals surface area contributed by atoms with E-state index >= 15 is 0 Å². The van der Waals surface area contributed by atoms with Crippen LogP contribution in [-0.4, -0.2) is 6.26 Å². The van der Waals surface area contributed by atoms with Crippen LogP contribution in [0.2, 0.25) is 0 Å². The van der Waals surface area contributed by atoms with E-state index < -0.39 is 0 Å². The quantitative estimate of drug-likeness (QED) is 0.743. The summed E-state index contributed by atoms with van der Waals surface area (Å²) < 4.78 is 2.51. The van der Waals surface area contributed by atoms with Crippen molar-refractivity contribution in [3.8, 4) is 0 Å². The maximum absolute atomic E-state index is 4.55. The van der Waals surface area contributed by atoms with Crippen molar-refractivity contribution in [1.82, 2.24) is 0 Å². The number of rotatable bonds is 1. The second-order valence-corrected chi connectivity index (χ2v) is 6.94. The summed E-state index contributed by atoms with van der Waals surface area (Å²) >= 11 is 10.1. The third-order valence-electron chi connectivity index (χ3n) is 2.20. The highest BCUT2D eigenvalue weighted by molar-refractivity contribution is 8.25. The van der Waals surface area contributed by atoms with E-state index in [4.69, 9.17) is 0 Å². The standard InChI is InChI=1S/C11H12S4/c1-13-11-10(12)14-6-8-4-2-3-5-9(8)7-15-11/h2-5,12H,6-7H2,1H3/b11-10-. The first kappa shape index (κ1) is 11.8. The van der Waals surface area contributed by atoms with Crippen molar-refractivity contribution in [2.75, 3.05) is 6.26 Å². The third kappa shape index (κ3) is 2.93. The zero-order chi connectivity index (χ0) is 10.7. The largest absolute Gasteiger partial charge is 0.135 e. The van der Waals surface area contributed by atoms with Crippen LogP contribution in [0, 0.1) is 0 Å². The van der Waals surface area contributed by atoms with E-state index in [1.54, 1.807) is 11.8 Å². The molecule has 1 aliphatic rings. The van der Waals surface area contributed by atoms with Gasteiger partial charge in [-0.2, -0.15) is 0 Å². The fourth-order valence-electron chi connectivity index (χ4n) is 1.40. The molecule has 1 heterocycles. The summed E-state index contributed by atoms with van der Waals surface area (Å²) in [5.74, 6) is 2.11. The van der Waals surface area contributed by atoms with Crippen molar-refractivity contribution < 1.29 is 0 Å². The smallest absolute Gasteiger partial charge is 0.0600 e. The Morgan fingerprint density at radius 3 is 2.33 bits per heavy atom. The molecule has 1 aromatic carbocycles. The summed E-state index contributed by atoms with van der Waals surface area (Å²) in [6, 6.07) is 8.68. The lowest BCUT2D eigenvalue weighted by molar-refractivity contribution is 1.28. The predicted molar refractivity (Wildman–Crippen MR) is 78.6 cm³/mol. The van der Waals surface area contributed by atoms with Crippen LogP contribution in [-0.2, 0) is 11.5 Å². The van der Waals surface area contributed by atoms with Gasteiger partial charge in [-0.1, -0.05) is 24.3 Å². The van der Waals surface area contributed by atoms with E-state index in [0.717, 1.165) is 11.5 Å². The monoisotopic (exact) mass is 272 g/mol. The van der Waals surface area contributed by atoms with Crippen LogP contribution < -0.4 is 0 Å². The molecule has 4 heteroatoms. The normalized spacial score (nSPS) is 21.7. The van der Waals surface area contributed by atoms with E-state index in [9.17, 15) is 0 Å². The third-order valence-corrected chi connectivity index (χ3v) is 6.66. The van der Waals surface area contributed by atoms with Crippen LogP contribution in [0.15, 0.2) is 32.7 Å². The van der Waals surface area contributed by atoms with Crippen LogP contribution in [0.4, 0.5) is 0 Å². The molecule has 0 nitrogen and oxygen atoms in total. The van der Waals surface area contributed by atoms with Gasteiger partial charge >= 0.3 is 0 Å². The molecular weight excluding hydrogens is 260 g/mol. The molecule has 0 spiro atoms. The number of thioether (sulfide) groups is 3. The van der Waals surface area contributed by atoms with E-state index in [0.29, 0.717) is 0 Å². The fourth-order valence-corrected chi connectivity index (χ4v) is 5.04. The minimum atomic E-state index is 1.04. The Morgan fingerprint density at radius 2 is 1.73 bits per heavy atom. The van der Waals surface area contributed by atoms with Crippen LogP contribution in [0.3, 0.4) is 0 Å². The van der Waals surface area contributed by atoms with E-state index in [2.05, 4.69) is 43.2 Å². The summed E-state index contributed by atoms with van der Waals surface area (Å²) in [4.78, 5) is 0. The van der Waals surface area contributed by atoms with Crippen LogP contribution in [0.5, 0.6) is 0 Å². The molecule has 0 saturated heterocycles. The first-order chi connectivity index (χ1) is 7.31. The number of hydrogen-bond donors (Lipinski definition) is 1. The second kappa shape index (κ2) is 5.62. The Morgan fingerprint density at radius 1 is 1.13 bits per heavy atom. The number of fused-ring (bicyclic) bond motifs is 1. The Hall–Kier alpha value is 0.360. The van der Waals surface area contributed by atoms with E-state index in [1.165, 1.54) is 19.6 Å². The lowest BCUT2D eigenvalue weighted by Crippen LogP contribution is -1.93. The molecule has 0 amide bonds. The highest BCUT2D eigenvalue weighted by Gasteiger charge is 2.11. The molecule has 80 valence electrons. The molecule has 0 atom stereocenters. The van der Waals surface area contributed by atoms with Gasteiger partial charge in [0, 0.05) is 11.5 Å². The predicted octanol–water partition coefficient (Wildman–Crippen LogP) is 4.59. The van der Waals surface area contributed by atoms with Crippen molar-refractivity contribution in [1.29, 1.82) is 0 Å². The molecular formula is C11H12S4. The van der Waals surface area contributed by atoms with Gasteiger partial charge in [-0.3, -0.25) is 0 Å². The van der Waals surface area contributed by atoms with Crippen LogP contribution in [0.1, 0.15) is 11.1 Å². The lowest BCUT2D eigenvalue weighted by atomic mass is 10.1. The molecule has 0 bridgehead atoms. The molecule has 2 rings (SSSR count). The van der Waals surface area contributed by atoms with Crippen molar-refractivity contribution in [3.05, 3.63) is 43.9 Å². The number of hydrogen-bond acceptors (Lipinski definition) is 4. The molecule has 0 saturated carbocycles. The molecule has 0 N–H and O–H groups in total. The summed E-state index contributed by atoms with van der Waals surface area (Å²) in [5.41, 5.74) is 2.91. The summed E-state index contributed by atoms with van der Waals surface area (Å²) in [6.07, 6.45) is 2.12. The van der Waals surface area contributed by atoms with Crippen molar-refractivity contribution in [2.45, 2.75) is 11.5 Å². The fraction of sp³-hybridized carbons (Fsp3) is 0.273. The topological polar surface area (TPSA) is 0 Å². The molecule has 0 aromatic heterocycles. The van der Waals surface area contributed by atoms with Gasteiger partial charge < -0.3 is 0 Å². The van der Waals surface area contributed by atoms with Crippen molar-refractivity contribution in [2.24, 2.45) is 0 Å². The lowest BCUT2D eigenvalue weighted by Gasteiger charge is -2.15. The van der Waals surface area contributed by atoms with Gasteiger partial charge in [-0.15, -0.1) is 47.9 Å². The van der Waals surface area contributed by atoms with E-state index in [1.807, 2.05) is 23.5 Å². The summed E-state index contributed by atoms with van der Waals surface area (Å²) in [5, 5.41) is 0. The SMILES string of the molecule is CS/C1=C(\S)SCc2ccccc2CS1. The summed E-state index contributed by atoms with van der Waals surface area (Å²) in [7, 11) is 0. The molecule has 1 aromatic rings. The van der Waals surface area contributed by atoms with Gasteiger partial charge in [0.25, 0.3) is 0 Å². The Kier molecular flexibility index (Phi) is 4.43. The maximum atomic E-state index is 4.55. The molecule has 0 radical (unpaired) electrons. The zero-order valence-corrected chi connectivity index (χ0v) is 11.7. The highest BCUT2D eigenvalue weighted by atomic mass is 32.2. The average Bonchev–Trinajstić information content (AvgIpc) is 2.26. The zero-order valence-electron chi connectivity index (χ0n) is 8.40. The number of thiol groups is 1. The molecule has 0 fully saturated rings. The first-order valence-electron chi connectivity index (χ1n) is 4.61. The van der Waals surface area contributed by atoms with Gasteiger partial charge in [-0.25, -0.2) is 0 Å². The van der Waals surface area contributed by atoms with Gasteiger partial charge in [0.15, 0.2) is 0 Å². The molecule has 0 unspecified atom stereocenters. The van der Waals surface area contributed by atoms with Gasteiger partial charge in [0.2, 0.25) is 0 Å². The molecule has 1 aliphatic heterocycles. The molecule has 0 aliphatic carbocycles. The molecule has 15 heavy (non-hydrogen) atoms. The maximum Gasteiger partial charge on any atom is 0.0600 e. The highest BCUT2D eigenvalue weighted by Crippen LogP contribution is 2.42.